The van der Waals surface area contributed by atoms with Gasteiger partial charge in [-0.25, -0.2) is 0 Å². The van der Waals surface area contributed by atoms with Crippen molar-refractivity contribution in [2.45, 2.75) is 38.5 Å². The summed E-state index contributed by atoms with van der Waals surface area (Å²) in [5.74, 6) is 0.279. The van der Waals surface area contributed by atoms with Crippen molar-refractivity contribution >= 4 is 6.29 Å². The molecule has 1 unspecified atom stereocenters. The first-order valence-corrected chi connectivity index (χ1v) is 4.71. The molecule has 2 nitrogen and oxygen atoms in total. The first-order valence-electron chi connectivity index (χ1n) is 4.71. The molecule has 1 rings (SSSR count). The van der Waals surface area contributed by atoms with Crippen LogP contribution in [0.3, 0.4) is 0 Å². The summed E-state index contributed by atoms with van der Waals surface area (Å²) in [4.78, 5) is 10.4. The number of hydrogen-bond donors (Lipinski definition) is 0. The van der Waals surface area contributed by atoms with E-state index in [2.05, 4.69) is 0 Å². The first-order chi connectivity index (χ1) is 5.86. The topological polar surface area (TPSA) is 40.9 Å². The minimum Gasteiger partial charge on any atom is -0.302 e. The Bertz CT molecular complexity index is 177. The van der Waals surface area contributed by atoms with Crippen molar-refractivity contribution in [1.82, 2.24) is 0 Å². The van der Waals surface area contributed by atoms with Gasteiger partial charge in [0.05, 0.1) is 6.07 Å². The van der Waals surface area contributed by atoms with Crippen LogP contribution in [-0.4, -0.2) is 6.29 Å². The molecule has 0 aromatic carbocycles. The van der Waals surface area contributed by atoms with Crippen LogP contribution < -0.4 is 0 Å². The fourth-order valence-corrected chi connectivity index (χ4v) is 1.92. The molecule has 0 aliphatic heterocycles. The zero-order valence-corrected chi connectivity index (χ0v) is 7.33. The van der Waals surface area contributed by atoms with Crippen LogP contribution in [0.1, 0.15) is 38.5 Å². The Morgan fingerprint density at radius 1 is 1.42 bits per heavy atom. The molecule has 1 atom stereocenters. The summed E-state index contributed by atoms with van der Waals surface area (Å²) in [5.41, 5.74) is 0. The Kier molecular flexibility index (Phi) is 3.79. The maximum absolute atomic E-state index is 10.4. The van der Waals surface area contributed by atoms with Crippen LogP contribution in [0.25, 0.3) is 0 Å². The molecule has 1 aliphatic rings. The molecule has 0 radical (unpaired) electrons. The van der Waals surface area contributed by atoms with E-state index in [1.54, 1.807) is 0 Å². The number of nitrogens with zero attached hydrogens (tertiary/aromatic N) is 1. The van der Waals surface area contributed by atoms with Gasteiger partial charge in [0.15, 0.2) is 0 Å². The summed E-state index contributed by atoms with van der Waals surface area (Å²) in [5, 5.41) is 8.58. The second-order valence-corrected chi connectivity index (χ2v) is 3.61. The van der Waals surface area contributed by atoms with E-state index >= 15 is 0 Å². The molecule has 1 fully saturated rings. The van der Waals surface area contributed by atoms with Crippen molar-refractivity contribution < 1.29 is 4.79 Å². The van der Waals surface area contributed by atoms with Crippen LogP contribution in [-0.2, 0) is 4.79 Å². The Hall–Kier alpha value is -0.840. The molecule has 0 saturated heterocycles. The predicted molar refractivity (Wildman–Crippen MR) is 46.4 cm³/mol. The van der Waals surface area contributed by atoms with Gasteiger partial charge in [-0.05, 0) is 12.3 Å². The molecule has 66 valence electrons. The molecule has 1 aliphatic carbocycles. The zero-order chi connectivity index (χ0) is 8.81. The minimum atomic E-state index is -0.354. The van der Waals surface area contributed by atoms with Crippen LogP contribution in [0.4, 0.5) is 0 Å². The molecular formula is C10H15NO. The van der Waals surface area contributed by atoms with Crippen molar-refractivity contribution in [3.8, 4) is 6.07 Å². The summed E-state index contributed by atoms with van der Waals surface area (Å²) >= 11 is 0. The number of rotatable bonds is 3. The Morgan fingerprint density at radius 3 is 2.58 bits per heavy atom. The van der Waals surface area contributed by atoms with E-state index in [0.29, 0.717) is 5.92 Å². The predicted octanol–water partition coefficient (Wildman–Crippen LogP) is 2.30. The number of carbonyl (C=O) groups excluding carboxylic acids is 1. The van der Waals surface area contributed by atoms with Gasteiger partial charge in [0.2, 0.25) is 0 Å². The number of aldehydes is 1. The van der Waals surface area contributed by atoms with Gasteiger partial charge in [-0.15, -0.1) is 0 Å². The molecule has 1 saturated carbocycles. The lowest BCUT2D eigenvalue weighted by Crippen LogP contribution is -2.11. The van der Waals surface area contributed by atoms with Crippen LogP contribution in [0.15, 0.2) is 0 Å². The van der Waals surface area contributed by atoms with Gasteiger partial charge in [-0.2, -0.15) is 5.26 Å². The maximum Gasteiger partial charge on any atom is 0.137 e. The lowest BCUT2D eigenvalue weighted by Gasteiger charge is -2.21. The van der Waals surface area contributed by atoms with E-state index in [9.17, 15) is 4.79 Å². The average molecular weight is 165 g/mol. The van der Waals surface area contributed by atoms with E-state index in [1.807, 2.05) is 6.07 Å². The van der Waals surface area contributed by atoms with E-state index in [0.717, 1.165) is 12.7 Å². The fraction of sp³-hybridized carbons (Fsp3) is 0.800. The number of nitriles is 1. The SMILES string of the molecule is N#CC(C=O)CC1CCCCC1. The van der Waals surface area contributed by atoms with Crippen molar-refractivity contribution in [3.05, 3.63) is 0 Å². The molecular weight excluding hydrogens is 150 g/mol. The van der Waals surface area contributed by atoms with Gasteiger partial charge in [0, 0.05) is 0 Å². The van der Waals surface area contributed by atoms with Crippen molar-refractivity contribution in [2.75, 3.05) is 0 Å². The third-order valence-electron chi connectivity index (χ3n) is 2.64. The van der Waals surface area contributed by atoms with Crippen molar-refractivity contribution in [2.24, 2.45) is 11.8 Å². The summed E-state index contributed by atoms with van der Waals surface area (Å²) in [6, 6.07) is 2.03. The minimum absolute atomic E-state index is 0.354. The Labute approximate surface area is 73.6 Å². The third-order valence-corrected chi connectivity index (χ3v) is 2.64. The largest absolute Gasteiger partial charge is 0.302 e. The smallest absolute Gasteiger partial charge is 0.137 e. The highest BCUT2D eigenvalue weighted by atomic mass is 16.1. The van der Waals surface area contributed by atoms with Gasteiger partial charge in [0.25, 0.3) is 0 Å². The highest BCUT2D eigenvalue weighted by Gasteiger charge is 2.17. The van der Waals surface area contributed by atoms with Crippen molar-refractivity contribution in [3.63, 3.8) is 0 Å². The van der Waals surface area contributed by atoms with Gasteiger partial charge in [-0.1, -0.05) is 32.1 Å². The first kappa shape index (κ1) is 9.25. The standard InChI is InChI=1S/C10H15NO/c11-7-10(8-12)6-9-4-2-1-3-5-9/h8-10H,1-6H2. The van der Waals surface area contributed by atoms with Crippen LogP contribution in [0.5, 0.6) is 0 Å². The Balaban J connectivity index is 2.28. The van der Waals surface area contributed by atoms with Crippen LogP contribution in [0, 0.1) is 23.2 Å². The van der Waals surface area contributed by atoms with E-state index < -0.39 is 0 Å². The maximum atomic E-state index is 10.4. The summed E-state index contributed by atoms with van der Waals surface area (Å²) in [6.07, 6.45) is 7.89. The molecule has 12 heavy (non-hydrogen) atoms. The lowest BCUT2D eigenvalue weighted by atomic mass is 9.83. The molecule has 0 heterocycles. The van der Waals surface area contributed by atoms with Gasteiger partial charge >= 0.3 is 0 Å². The molecule has 0 aromatic heterocycles. The quantitative estimate of drug-likeness (QED) is 0.602. The fourth-order valence-electron chi connectivity index (χ4n) is 1.92. The van der Waals surface area contributed by atoms with E-state index in [4.69, 9.17) is 5.26 Å². The average Bonchev–Trinajstić information content (AvgIpc) is 2.16. The second kappa shape index (κ2) is 4.92. The summed E-state index contributed by atoms with van der Waals surface area (Å²) < 4.78 is 0. The zero-order valence-electron chi connectivity index (χ0n) is 7.33. The molecule has 0 amide bonds. The molecule has 2 heteroatoms. The molecule has 0 spiro atoms. The Morgan fingerprint density at radius 2 is 2.08 bits per heavy atom. The number of hydrogen-bond acceptors (Lipinski definition) is 2. The highest BCUT2D eigenvalue weighted by Crippen LogP contribution is 2.28. The lowest BCUT2D eigenvalue weighted by molar-refractivity contribution is -0.110. The van der Waals surface area contributed by atoms with Gasteiger partial charge < -0.3 is 4.79 Å². The van der Waals surface area contributed by atoms with E-state index in [1.165, 1.54) is 32.1 Å². The van der Waals surface area contributed by atoms with Crippen LogP contribution in [0.2, 0.25) is 0 Å². The molecule has 0 bridgehead atoms. The van der Waals surface area contributed by atoms with Gasteiger partial charge in [-0.3, -0.25) is 0 Å². The van der Waals surface area contributed by atoms with E-state index in [-0.39, 0.29) is 5.92 Å². The highest BCUT2D eigenvalue weighted by molar-refractivity contribution is 5.57. The molecule has 0 N–H and O–H groups in total. The number of carbonyl (C=O) groups is 1. The van der Waals surface area contributed by atoms with Crippen molar-refractivity contribution in [1.29, 1.82) is 5.26 Å². The summed E-state index contributed by atoms with van der Waals surface area (Å²) in [6.45, 7) is 0. The summed E-state index contributed by atoms with van der Waals surface area (Å²) in [7, 11) is 0. The second-order valence-electron chi connectivity index (χ2n) is 3.61. The third kappa shape index (κ3) is 2.65. The monoisotopic (exact) mass is 165 g/mol. The van der Waals surface area contributed by atoms with Gasteiger partial charge in [0.1, 0.15) is 12.2 Å². The van der Waals surface area contributed by atoms with Crippen LogP contribution >= 0.6 is 0 Å². The normalized spacial score (nSPS) is 21.2. The molecule has 0 aromatic rings.